The molecule has 0 saturated heterocycles. The molecule has 2 heteroatoms. The van der Waals surface area contributed by atoms with Crippen LogP contribution >= 0.6 is 0 Å². The Morgan fingerprint density at radius 1 is 1.05 bits per heavy atom. The molecule has 1 atom stereocenters. The highest BCUT2D eigenvalue weighted by Crippen LogP contribution is 2.30. The van der Waals surface area contributed by atoms with Gasteiger partial charge in [-0.3, -0.25) is 9.78 Å². The molecule has 0 aliphatic rings. The first-order valence-electron chi connectivity index (χ1n) is 6.97. The minimum Gasteiger partial charge on any atom is -0.299 e. The Kier molecular flexibility index (Phi) is 4.33. The van der Waals surface area contributed by atoms with Gasteiger partial charge >= 0.3 is 0 Å². The second-order valence-electron chi connectivity index (χ2n) is 6.10. The highest BCUT2D eigenvalue weighted by atomic mass is 16.1. The molecule has 1 unspecified atom stereocenters. The van der Waals surface area contributed by atoms with Crippen LogP contribution in [0.15, 0.2) is 54.7 Å². The van der Waals surface area contributed by atoms with Gasteiger partial charge in [0.2, 0.25) is 0 Å². The fourth-order valence-corrected chi connectivity index (χ4v) is 2.15. The zero-order valence-electron chi connectivity index (χ0n) is 12.3. The predicted octanol–water partition coefficient (Wildman–Crippen LogP) is 4.22. The lowest BCUT2D eigenvalue weighted by Crippen LogP contribution is -2.23. The number of carbonyl (C=O) groups excluding carboxylic acids is 1. The molecule has 1 aromatic heterocycles. The number of ketones is 1. The van der Waals surface area contributed by atoms with Crippen LogP contribution in [-0.2, 0) is 4.79 Å². The van der Waals surface area contributed by atoms with Crippen LogP contribution in [0, 0.1) is 5.41 Å². The number of nitrogens with zero attached hydrogens (tertiary/aromatic N) is 1. The number of Topliss-reactive ketones (excluding diaryl/α,β-unsaturated/α-hetero) is 1. The molecule has 1 heterocycles. The van der Waals surface area contributed by atoms with Crippen LogP contribution in [0.3, 0.4) is 0 Å². The third-order valence-electron chi connectivity index (χ3n) is 3.47. The molecule has 0 bridgehead atoms. The van der Waals surface area contributed by atoms with Gasteiger partial charge in [-0.05, 0) is 17.7 Å². The van der Waals surface area contributed by atoms with E-state index in [0.717, 1.165) is 11.3 Å². The number of pyridine rings is 1. The molecule has 0 aliphatic heterocycles. The van der Waals surface area contributed by atoms with Crippen LogP contribution in [0.2, 0.25) is 0 Å². The van der Waals surface area contributed by atoms with Gasteiger partial charge in [-0.1, -0.05) is 57.2 Å². The molecule has 20 heavy (non-hydrogen) atoms. The van der Waals surface area contributed by atoms with Gasteiger partial charge in [-0.15, -0.1) is 0 Å². The zero-order valence-corrected chi connectivity index (χ0v) is 12.3. The molecule has 0 spiro atoms. The minimum absolute atomic E-state index is 0.0316. The molecule has 0 amide bonds. The Morgan fingerprint density at radius 3 is 2.25 bits per heavy atom. The summed E-state index contributed by atoms with van der Waals surface area (Å²) in [6, 6.07) is 16.0. The second-order valence-corrected chi connectivity index (χ2v) is 6.10. The fourth-order valence-electron chi connectivity index (χ4n) is 2.15. The smallest absolute Gasteiger partial charge is 0.139 e. The first-order chi connectivity index (χ1) is 9.48. The third kappa shape index (κ3) is 3.53. The molecule has 0 saturated carbocycles. The van der Waals surface area contributed by atoms with Crippen LogP contribution in [0.5, 0.6) is 0 Å². The summed E-state index contributed by atoms with van der Waals surface area (Å²) < 4.78 is 0. The molecule has 2 nitrogen and oxygen atoms in total. The van der Waals surface area contributed by atoms with Gasteiger partial charge in [0.05, 0.1) is 0 Å². The topological polar surface area (TPSA) is 30.0 Å². The monoisotopic (exact) mass is 267 g/mol. The van der Waals surface area contributed by atoms with Crippen LogP contribution in [0.25, 0.3) is 0 Å². The highest BCUT2D eigenvalue weighted by molar-refractivity contribution is 5.84. The summed E-state index contributed by atoms with van der Waals surface area (Å²) in [5.74, 6) is 0.293. The van der Waals surface area contributed by atoms with Crippen molar-refractivity contribution < 1.29 is 4.79 Å². The lowest BCUT2D eigenvalue weighted by molar-refractivity contribution is -0.126. The van der Waals surface area contributed by atoms with E-state index in [1.807, 2.05) is 57.2 Å². The van der Waals surface area contributed by atoms with Crippen LogP contribution < -0.4 is 0 Å². The zero-order chi connectivity index (χ0) is 14.6. The average Bonchev–Trinajstić information content (AvgIpc) is 2.45. The number of rotatable bonds is 4. The van der Waals surface area contributed by atoms with Crippen molar-refractivity contribution in [1.29, 1.82) is 0 Å². The molecule has 104 valence electrons. The summed E-state index contributed by atoms with van der Waals surface area (Å²) in [5.41, 5.74) is 1.78. The van der Waals surface area contributed by atoms with Gasteiger partial charge < -0.3 is 0 Å². The molecule has 2 rings (SSSR count). The Hall–Kier alpha value is -1.96. The van der Waals surface area contributed by atoms with Crippen LogP contribution in [0.1, 0.15) is 44.4 Å². The van der Waals surface area contributed by atoms with Crippen molar-refractivity contribution in [2.45, 2.75) is 33.1 Å². The normalized spacial score (nSPS) is 12.9. The number of aromatic nitrogens is 1. The first-order valence-corrected chi connectivity index (χ1v) is 6.97. The van der Waals surface area contributed by atoms with Crippen LogP contribution in [0.4, 0.5) is 0 Å². The molecule has 1 aromatic carbocycles. The van der Waals surface area contributed by atoms with Gasteiger partial charge in [0, 0.05) is 29.6 Å². The van der Waals surface area contributed by atoms with Gasteiger partial charge in [-0.2, -0.15) is 0 Å². The first kappa shape index (κ1) is 14.4. The van der Waals surface area contributed by atoms with E-state index in [0.29, 0.717) is 6.42 Å². The summed E-state index contributed by atoms with van der Waals surface area (Å²) in [7, 11) is 0. The molecule has 2 aromatic rings. The summed E-state index contributed by atoms with van der Waals surface area (Å²) in [6.45, 7) is 5.90. The maximum Gasteiger partial charge on any atom is 0.139 e. The van der Waals surface area contributed by atoms with E-state index in [9.17, 15) is 4.79 Å². The van der Waals surface area contributed by atoms with E-state index in [4.69, 9.17) is 0 Å². The van der Waals surface area contributed by atoms with Gasteiger partial charge in [0.1, 0.15) is 5.78 Å². The van der Waals surface area contributed by atoms with Crippen molar-refractivity contribution in [3.8, 4) is 0 Å². The standard InChI is InChI=1S/C18H21NO/c1-18(2,3)17(20)13-15(14-9-5-4-6-10-14)16-11-7-8-12-19-16/h4-12,15H,13H2,1-3H3. The molecular formula is C18H21NO. The van der Waals surface area contributed by atoms with E-state index in [2.05, 4.69) is 17.1 Å². The van der Waals surface area contributed by atoms with Crippen molar-refractivity contribution in [2.24, 2.45) is 5.41 Å². The molecular weight excluding hydrogens is 246 g/mol. The van der Waals surface area contributed by atoms with Crippen molar-refractivity contribution in [2.75, 3.05) is 0 Å². The number of hydrogen-bond donors (Lipinski definition) is 0. The van der Waals surface area contributed by atoms with E-state index in [1.165, 1.54) is 0 Å². The van der Waals surface area contributed by atoms with Gasteiger partial charge in [-0.25, -0.2) is 0 Å². The van der Waals surface area contributed by atoms with E-state index < -0.39 is 0 Å². The van der Waals surface area contributed by atoms with E-state index in [-0.39, 0.29) is 17.1 Å². The summed E-state index contributed by atoms with van der Waals surface area (Å²) in [4.78, 5) is 16.8. The Labute approximate surface area is 120 Å². The molecule has 0 radical (unpaired) electrons. The van der Waals surface area contributed by atoms with Crippen molar-refractivity contribution in [3.05, 3.63) is 66.0 Å². The third-order valence-corrected chi connectivity index (χ3v) is 3.47. The van der Waals surface area contributed by atoms with Crippen molar-refractivity contribution in [1.82, 2.24) is 4.98 Å². The number of carbonyl (C=O) groups is 1. The molecule has 0 fully saturated rings. The maximum absolute atomic E-state index is 12.4. The summed E-state index contributed by atoms with van der Waals surface area (Å²) in [5, 5.41) is 0. The van der Waals surface area contributed by atoms with E-state index in [1.54, 1.807) is 6.20 Å². The summed E-state index contributed by atoms with van der Waals surface area (Å²) in [6.07, 6.45) is 2.28. The van der Waals surface area contributed by atoms with Crippen LogP contribution in [-0.4, -0.2) is 10.8 Å². The SMILES string of the molecule is CC(C)(C)C(=O)CC(c1ccccc1)c1ccccn1. The lowest BCUT2D eigenvalue weighted by Gasteiger charge is -2.22. The number of benzene rings is 1. The van der Waals surface area contributed by atoms with E-state index >= 15 is 0 Å². The second kappa shape index (κ2) is 6.00. The maximum atomic E-state index is 12.4. The van der Waals surface area contributed by atoms with Crippen molar-refractivity contribution in [3.63, 3.8) is 0 Å². The largest absolute Gasteiger partial charge is 0.299 e. The van der Waals surface area contributed by atoms with Gasteiger partial charge in [0.15, 0.2) is 0 Å². The predicted molar refractivity (Wildman–Crippen MR) is 81.6 cm³/mol. The highest BCUT2D eigenvalue weighted by Gasteiger charge is 2.26. The van der Waals surface area contributed by atoms with Crippen molar-refractivity contribution >= 4 is 5.78 Å². The lowest BCUT2D eigenvalue weighted by atomic mass is 9.81. The molecule has 0 N–H and O–H groups in total. The minimum atomic E-state index is -0.318. The summed E-state index contributed by atoms with van der Waals surface area (Å²) >= 11 is 0. The quantitative estimate of drug-likeness (QED) is 0.830. The fraction of sp³-hybridized carbons (Fsp3) is 0.333. The Balaban J connectivity index is 2.34. The molecule has 0 aliphatic carbocycles. The Morgan fingerprint density at radius 2 is 1.70 bits per heavy atom. The average molecular weight is 267 g/mol. The van der Waals surface area contributed by atoms with Gasteiger partial charge in [0.25, 0.3) is 0 Å². The Bertz CT molecular complexity index is 515. The number of hydrogen-bond acceptors (Lipinski definition) is 2.